The van der Waals surface area contributed by atoms with E-state index < -0.39 is 0 Å². The SMILES string of the molecule is c1coc(C2CCN(Cc3cnn4c3CCC4)CC2)c1. The van der Waals surface area contributed by atoms with Gasteiger partial charge in [-0.15, -0.1) is 0 Å². The van der Waals surface area contributed by atoms with Crippen molar-refractivity contribution < 1.29 is 4.42 Å². The summed E-state index contributed by atoms with van der Waals surface area (Å²) in [5.74, 6) is 1.77. The molecular formula is C16H21N3O. The van der Waals surface area contributed by atoms with Crippen molar-refractivity contribution >= 4 is 0 Å². The molecule has 20 heavy (non-hydrogen) atoms. The van der Waals surface area contributed by atoms with Crippen LogP contribution >= 0.6 is 0 Å². The maximum atomic E-state index is 5.54. The molecule has 1 saturated heterocycles. The van der Waals surface area contributed by atoms with Gasteiger partial charge in [-0.05, 0) is 50.9 Å². The van der Waals surface area contributed by atoms with Gasteiger partial charge in [0.1, 0.15) is 5.76 Å². The van der Waals surface area contributed by atoms with Crippen molar-refractivity contribution in [3.05, 3.63) is 41.6 Å². The number of hydrogen-bond donors (Lipinski definition) is 0. The van der Waals surface area contributed by atoms with Gasteiger partial charge in [-0.1, -0.05) is 0 Å². The summed E-state index contributed by atoms with van der Waals surface area (Å²) in [6.45, 7) is 4.50. The van der Waals surface area contributed by atoms with Crippen molar-refractivity contribution in [2.75, 3.05) is 13.1 Å². The monoisotopic (exact) mass is 271 g/mol. The lowest BCUT2D eigenvalue weighted by Crippen LogP contribution is -2.32. The minimum atomic E-state index is 0.610. The number of aromatic nitrogens is 2. The number of furan rings is 1. The Bertz CT molecular complexity index is 565. The third kappa shape index (κ3) is 2.18. The largest absolute Gasteiger partial charge is 0.469 e. The Kier molecular flexibility index (Phi) is 3.11. The summed E-state index contributed by atoms with van der Waals surface area (Å²) in [6, 6.07) is 4.11. The number of aryl methyl sites for hydroxylation is 1. The van der Waals surface area contributed by atoms with Crippen LogP contribution in [0.1, 0.15) is 42.2 Å². The van der Waals surface area contributed by atoms with Crippen LogP contribution in [0.4, 0.5) is 0 Å². The molecule has 0 N–H and O–H groups in total. The van der Waals surface area contributed by atoms with Crippen LogP contribution in [-0.2, 0) is 19.5 Å². The molecule has 4 heteroatoms. The second kappa shape index (κ2) is 5.09. The molecule has 0 atom stereocenters. The Morgan fingerprint density at radius 3 is 2.95 bits per heavy atom. The van der Waals surface area contributed by atoms with Gasteiger partial charge in [0.2, 0.25) is 0 Å². The predicted molar refractivity (Wildman–Crippen MR) is 76.5 cm³/mol. The van der Waals surface area contributed by atoms with Crippen LogP contribution in [0.2, 0.25) is 0 Å². The van der Waals surface area contributed by atoms with Gasteiger partial charge in [-0.2, -0.15) is 5.10 Å². The summed E-state index contributed by atoms with van der Waals surface area (Å²) in [5.41, 5.74) is 2.91. The number of likely N-dealkylation sites (tertiary alicyclic amines) is 1. The normalized spacial score (nSPS) is 20.4. The van der Waals surface area contributed by atoms with E-state index in [4.69, 9.17) is 4.42 Å². The summed E-state index contributed by atoms with van der Waals surface area (Å²) in [6.07, 6.45) is 8.74. The third-order valence-electron chi connectivity index (χ3n) is 4.75. The molecule has 0 radical (unpaired) electrons. The van der Waals surface area contributed by atoms with E-state index in [1.165, 1.54) is 36.9 Å². The Labute approximate surface area is 119 Å². The zero-order chi connectivity index (χ0) is 13.4. The van der Waals surface area contributed by atoms with Crippen LogP contribution in [-0.4, -0.2) is 27.8 Å². The van der Waals surface area contributed by atoms with Crippen molar-refractivity contribution in [2.45, 2.75) is 44.7 Å². The standard InChI is InChI=1S/C16H21N3O/c1-3-15-14(11-17-19(15)7-1)12-18-8-5-13(6-9-18)16-4-2-10-20-16/h2,4,10-11,13H,1,3,5-9,12H2. The van der Waals surface area contributed by atoms with Crippen LogP contribution in [0.15, 0.2) is 29.0 Å². The van der Waals surface area contributed by atoms with E-state index in [0.717, 1.165) is 31.9 Å². The molecule has 106 valence electrons. The van der Waals surface area contributed by atoms with Gasteiger partial charge in [0, 0.05) is 30.3 Å². The lowest BCUT2D eigenvalue weighted by Gasteiger charge is -2.30. The summed E-state index contributed by atoms with van der Waals surface area (Å²) in [4.78, 5) is 2.57. The quantitative estimate of drug-likeness (QED) is 0.861. The van der Waals surface area contributed by atoms with Gasteiger partial charge < -0.3 is 4.42 Å². The molecule has 1 fully saturated rings. The minimum Gasteiger partial charge on any atom is -0.469 e. The van der Waals surface area contributed by atoms with Gasteiger partial charge in [0.25, 0.3) is 0 Å². The molecule has 2 aromatic rings. The zero-order valence-electron chi connectivity index (χ0n) is 11.8. The van der Waals surface area contributed by atoms with E-state index in [1.54, 1.807) is 6.26 Å². The highest BCUT2D eigenvalue weighted by Gasteiger charge is 2.24. The maximum absolute atomic E-state index is 5.54. The van der Waals surface area contributed by atoms with E-state index in [0.29, 0.717) is 5.92 Å². The molecule has 0 amide bonds. The molecule has 0 aromatic carbocycles. The number of piperidine rings is 1. The van der Waals surface area contributed by atoms with E-state index in [2.05, 4.69) is 26.9 Å². The summed E-state index contributed by atoms with van der Waals surface area (Å²) >= 11 is 0. The average Bonchev–Trinajstić information content (AvgIpc) is 3.18. The number of fused-ring (bicyclic) bond motifs is 1. The Morgan fingerprint density at radius 2 is 2.15 bits per heavy atom. The first-order valence-electron chi connectivity index (χ1n) is 7.69. The molecule has 4 rings (SSSR count). The Morgan fingerprint density at radius 1 is 1.25 bits per heavy atom. The first kappa shape index (κ1) is 12.2. The molecule has 4 heterocycles. The first-order chi connectivity index (χ1) is 9.90. The highest BCUT2D eigenvalue weighted by molar-refractivity contribution is 5.20. The number of nitrogens with zero attached hydrogens (tertiary/aromatic N) is 3. The second-order valence-corrected chi connectivity index (χ2v) is 6.01. The fourth-order valence-electron chi connectivity index (χ4n) is 3.60. The highest BCUT2D eigenvalue weighted by Crippen LogP contribution is 2.29. The van der Waals surface area contributed by atoms with Gasteiger partial charge in [-0.3, -0.25) is 9.58 Å². The summed E-state index contributed by atoms with van der Waals surface area (Å²) < 4.78 is 7.73. The van der Waals surface area contributed by atoms with E-state index in [9.17, 15) is 0 Å². The topological polar surface area (TPSA) is 34.2 Å². The lowest BCUT2D eigenvalue weighted by atomic mass is 9.94. The lowest BCUT2D eigenvalue weighted by molar-refractivity contribution is 0.195. The van der Waals surface area contributed by atoms with Crippen LogP contribution in [0.3, 0.4) is 0 Å². The average molecular weight is 271 g/mol. The van der Waals surface area contributed by atoms with Crippen molar-refractivity contribution in [3.63, 3.8) is 0 Å². The Hall–Kier alpha value is -1.55. The molecular weight excluding hydrogens is 250 g/mol. The van der Waals surface area contributed by atoms with Crippen molar-refractivity contribution in [1.29, 1.82) is 0 Å². The molecule has 4 nitrogen and oxygen atoms in total. The second-order valence-electron chi connectivity index (χ2n) is 6.01. The number of rotatable bonds is 3. The van der Waals surface area contributed by atoms with Crippen molar-refractivity contribution in [3.8, 4) is 0 Å². The van der Waals surface area contributed by atoms with Crippen LogP contribution < -0.4 is 0 Å². The molecule has 2 aliphatic heterocycles. The first-order valence-corrected chi connectivity index (χ1v) is 7.69. The minimum absolute atomic E-state index is 0.610. The molecule has 0 unspecified atom stereocenters. The summed E-state index contributed by atoms with van der Waals surface area (Å²) in [7, 11) is 0. The van der Waals surface area contributed by atoms with E-state index >= 15 is 0 Å². The summed E-state index contributed by atoms with van der Waals surface area (Å²) in [5, 5.41) is 4.49. The molecule has 0 bridgehead atoms. The molecule has 0 aliphatic carbocycles. The zero-order valence-corrected chi connectivity index (χ0v) is 11.8. The highest BCUT2D eigenvalue weighted by atomic mass is 16.3. The van der Waals surface area contributed by atoms with Gasteiger partial charge in [0.15, 0.2) is 0 Å². The maximum Gasteiger partial charge on any atom is 0.106 e. The fourth-order valence-corrected chi connectivity index (χ4v) is 3.60. The molecule has 2 aliphatic rings. The van der Waals surface area contributed by atoms with Gasteiger partial charge in [-0.25, -0.2) is 0 Å². The fraction of sp³-hybridized carbons (Fsp3) is 0.562. The van der Waals surface area contributed by atoms with Crippen molar-refractivity contribution in [1.82, 2.24) is 14.7 Å². The van der Waals surface area contributed by atoms with Crippen LogP contribution in [0.25, 0.3) is 0 Å². The number of hydrogen-bond acceptors (Lipinski definition) is 3. The van der Waals surface area contributed by atoms with Gasteiger partial charge in [0.05, 0.1) is 12.5 Å². The van der Waals surface area contributed by atoms with E-state index in [1.807, 2.05) is 6.07 Å². The molecule has 0 spiro atoms. The van der Waals surface area contributed by atoms with Gasteiger partial charge >= 0.3 is 0 Å². The predicted octanol–water partition coefficient (Wildman–Crippen LogP) is 2.80. The Balaban J connectivity index is 1.37. The molecule has 0 saturated carbocycles. The van der Waals surface area contributed by atoms with Crippen LogP contribution in [0.5, 0.6) is 0 Å². The molecule has 2 aromatic heterocycles. The van der Waals surface area contributed by atoms with Crippen molar-refractivity contribution in [2.24, 2.45) is 0 Å². The van der Waals surface area contributed by atoms with Crippen LogP contribution in [0, 0.1) is 0 Å². The third-order valence-corrected chi connectivity index (χ3v) is 4.75. The van der Waals surface area contributed by atoms with E-state index in [-0.39, 0.29) is 0 Å². The smallest absolute Gasteiger partial charge is 0.106 e.